The Kier molecular flexibility index (Phi) is 3.96. The van der Waals surface area contributed by atoms with Crippen molar-refractivity contribution in [3.05, 3.63) is 47.0 Å². The van der Waals surface area contributed by atoms with Gasteiger partial charge < -0.3 is 15.7 Å². The van der Waals surface area contributed by atoms with Crippen molar-refractivity contribution in [3.63, 3.8) is 0 Å². The molecule has 0 unspecified atom stereocenters. The second kappa shape index (κ2) is 6.07. The van der Waals surface area contributed by atoms with E-state index in [9.17, 15) is 19.1 Å². The summed E-state index contributed by atoms with van der Waals surface area (Å²) in [6.07, 6.45) is 0.663. The van der Waals surface area contributed by atoms with Crippen molar-refractivity contribution in [2.45, 2.75) is 19.5 Å². The molecule has 0 spiro atoms. The van der Waals surface area contributed by atoms with Gasteiger partial charge in [-0.1, -0.05) is 12.1 Å². The number of aromatic hydroxyl groups is 1. The highest BCUT2D eigenvalue weighted by atomic mass is 19.1. The molecule has 0 atom stereocenters. The van der Waals surface area contributed by atoms with Crippen LogP contribution in [0.2, 0.25) is 0 Å². The van der Waals surface area contributed by atoms with Gasteiger partial charge in [-0.2, -0.15) is 5.10 Å². The molecular weight excluding hydrogens is 303 g/mol. The molecule has 8 heteroatoms. The molecule has 1 aliphatic heterocycles. The molecule has 2 amide bonds. The van der Waals surface area contributed by atoms with Crippen molar-refractivity contribution >= 4 is 11.8 Å². The maximum absolute atomic E-state index is 12.8. The second-order valence-electron chi connectivity index (χ2n) is 5.19. The van der Waals surface area contributed by atoms with Crippen LogP contribution < -0.4 is 10.6 Å². The molecule has 0 saturated heterocycles. The largest absolute Gasteiger partial charge is 0.504 e. The lowest BCUT2D eigenvalue weighted by atomic mass is 10.2. The number of aryl methyl sites for hydroxylation is 1. The van der Waals surface area contributed by atoms with Crippen LogP contribution in [0.25, 0.3) is 0 Å². The van der Waals surface area contributed by atoms with Crippen LogP contribution in [0.3, 0.4) is 0 Å². The zero-order valence-corrected chi connectivity index (χ0v) is 12.2. The fourth-order valence-corrected chi connectivity index (χ4v) is 2.37. The highest BCUT2D eigenvalue weighted by Gasteiger charge is 2.28. The summed E-state index contributed by atoms with van der Waals surface area (Å²) in [7, 11) is 0. The zero-order chi connectivity index (χ0) is 16.4. The predicted molar refractivity (Wildman–Crippen MR) is 78.4 cm³/mol. The Labute approximate surface area is 131 Å². The summed E-state index contributed by atoms with van der Waals surface area (Å²) in [4.78, 5) is 24.0. The molecule has 3 rings (SSSR count). The molecule has 1 aromatic heterocycles. The van der Waals surface area contributed by atoms with E-state index >= 15 is 0 Å². The van der Waals surface area contributed by atoms with Gasteiger partial charge in [-0.15, -0.1) is 0 Å². The van der Waals surface area contributed by atoms with E-state index in [0.29, 0.717) is 25.1 Å². The van der Waals surface area contributed by atoms with Crippen molar-refractivity contribution in [2.24, 2.45) is 0 Å². The lowest BCUT2D eigenvalue weighted by Crippen LogP contribution is -2.24. The Morgan fingerprint density at radius 1 is 1.39 bits per heavy atom. The number of hydrogen-bond donors (Lipinski definition) is 3. The number of nitrogens with one attached hydrogen (secondary N) is 2. The average molecular weight is 318 g/mol. The molecular formula is C15H15FN4O3. The van der Waals surface area contributed by atoms with Crippen LogP contribution in [0.1, 0.15) is 33.0 Å². The maximum atomic E-state index is 12.8. The third-order valence-electron chi connectivity index (χ3n) is 3.56. The molecule has 3 N–H and O–H groups in total. The summed E-state index contributed by atoms with van der Waals surface area (Å²) in [6.45, 7) is 1.09. The number of rotatable bonds is 3. The number of amides is 2. The van der Waals surface area contributed by atoms with Crippen LogP contribution in [-0.4, -0.2) is 33.2 Å². The second-order valence-corrected chi connectivity index (χ2v) is 5.19. The monoisotopic (exact) mass is 318 g/mol. The van der Waals surface area contributed by atoms with Crippen molar-refractivity contribution in [1.82, 2.24) is 20.4 Å². The molecule has 0 saturated carbocycles. The number of fused-ring (bicyclic) bond motifs is 1. The lowest BCUT2D eigenvalue weighted by Gasteiger charge is -2.04. The van der Waals surface area contributed by atoms with Crippen molar-refractivity contribution in [1.29, 1.82) is 0 Å². The molecule has 23 heavy (non-hydrogen) atoms. The van der Waals surface area contributed by atoms with Crippen LogP contribution in [-0.2, 0) is 13.1 Å². The van der Waals surface area contributed by atoms with Gasteiger partial charge in [-0.05, 0) is 24.1 Å². The van der Waals surface area contributed by atoms with Gasteiger partial charge in [-0.25, -0.2) is 4.39 Å². The average Bonchev–Trinajstić information content (AvgIpc) is 2.75. The zero-order valence-electron chi connectivity index (χ0n) is 12.2. The minimum atomic E-state index is -0.597. The number of halogens is 1. The highest BCUT2D eigenvalue weighted by molar-refractivity contribution is 6.02. The maximum Gasteiger partial charge on any atom is 0.275 e. The summed E-state index contributed by atoms with van der Waals surface area (Å²) >= 11 is 0. The summed E-state index contributed by atoms with van der Waals surface area (Å²) in [5, 5.41) is 19.4. The fraction of sp³-hybridized carbons (Fsp3) is 0.267. The molecule has 120 valence electrons. The number of nitrogens with zero attached hydrogens (tertiary/aromatic N) is 2. The first-order valence-electron chi connectivity index (χ1n) is 7.17. The first-order chi connectivity index (χ1) is 11.1. The van der Waals surface area contributed by atoms with E-state index in [1.807, 2.05) is 0 Å². The van der Waals surface area contributed by atoms with Gasteiger partial charge in [0.15, 0.2) is 17.1 Å². The first-order valence-corrected chi connectivity index (χ1v) is 7.17. The molecule has 0 radical (unpaired) electrons. The Balaban J connectivity index is 1.76. The van der Waals surface area contributed by atoms with Crippen LogP contribution in [0.4, 0.5) is 4.39 Å². The summed E-state index contributed by atoms with van der Waals surface area (Å²) in [5.41, 5.74) is 0.506. The SMILES string of the molecule is O=C(NCc1ccc(F)cc1)c1nn2c(c1O)C(=O)NCCC2. The molecule has 7 nitrogen and oxygen atoms in total. The van der Waals surface area contributed by atoms with Crippen molar-refractivity contribution in [3.8, 4) is 5.75 Å². The molecule has 0 aliphatic carbocycles. The van der Waals surface area contributed by atoms with Crippen molar-refractivity contribution in [2.75, 3.05) is 6.54 Å². The number of carbonyl (C=O) groups excluding carboxylic acids is 2. The fourth-order valence-electron chi connectivity index (χ4n) is 2.37. The van der Waals surface area contributed by atoms with Crippen LogP contribution in [0.15, 0.2) is 24.3 Å². The van der Waals surface area contributed by atoms with E-state index in [2.05, 4.69) is 15.7 Å². The third kappa shape index (κ3) is 3.01. The normalized spacial score (nSPS) is 13.9. The summed E-state index contributed by atoms with van der Waals surface area (Å²) in [6, 6.07) is 5.68. The minimum Gasteiger partial charge on any atom is -0.504 e. The Bertz CT molecular complexity index is 755. The van der Waals surface area contributed by atoms with E-state index in [1.165, 1.54) is 16.8 Å². The van der Waals surface area contributed by atoms with E-state index in [4.69, 9.17) is 0 Å². The lowest BCUT2D eigenvalue weighted by molar-refractivity contribution is 0.0940. The van der Waals surface area contributed by atoms with Gasteiger partial charge in [0.05, 0.1) is 0 Å². The molecule has 0 bridgehead atoms. The van der Waals surface area contributed by atoms with Gasteiger partial charge in [0.25, 0.3) is 11.8 Å². The van der Waals surface area contributed by atoms with E-state index < -0.39 is 17.6 Å². The number of aromatic nitrogens is 2. The molecule has 1 aromatic carbocycles. The Hall–Kier alpha value is -2.90. The van der Waals surface area contributed by atoms with Crippen LogP contribution in [0.5, 0.6) is 5.75 Å². The van der Waals surface area contributed by atoms with Crippen LogP contribution in [0, 0.1) is 5.82 Å². The van der Waals surface area contributed by atoms with Crippen LogP contribution >= 0.6 is 0 Å². The molecule has 2 aromatic rings. The summed E-state index contributed by atoms with van der Waals surface area (Å²) in [5.74, 6) is -1.84. The van der Waals surface area contributed by atoms with Crippen molar-refractivity contribution < 1.29 is 19.1 Å². The third-order valence-corrected chi connectivity index (χ3v) is 3.56. The molecule has 2 heterocycles. The topological polar surface area (TPSA) is 96.2 Å². The van der Waals surface area contributed by atoms with Gasteiger partial charge >= 0.3 is 0 Å². The Morgan fingerprint density at radius 2 is 2.13 bits per heavy atom. The number of carbonyl (C=O) groups is 2. The van der Waals surface area contributed by atoms with Gasteiger partial charge in [0.2, 0.25) is 0 Å². The number of benzene rings is 1. The van der Waals surface area contributed by atoms with Gasteiger partial charge in [0.1, 0.15) is 5.82 Å². The quantitative estimate of drug-likeness (QED) is 0.779. The van der Waals surface area contributed by atoms with Gasteiger partial charge in [0, 0.05) is 19.6 Å². The molecule has 0 fully saturated rings. The highest BCUT2D eigenvalue weighted by Crippen LogP contribution is 2.23. The smallest absolute Gasteiger partial charge is 0.275 e. The predicted octanol–water partition coefficient (Wildman–Crippen LogP) is 0.791. The standard InChI is InChI=1S/C15H15FN4O3/c16-10-4-2-9(3-5-10)8-18-14(22)11-13(21)12-15(23)17-6-1-7-20(12)19-11/h2-5,21H,1,6-8H2,(H,17,23)(H,18,22). The minimum absolute atomic E-state index is 0.00516. The van der Waals surface area contributed by atoms with E-state index in [1.54, 1.807) is 12.1 Å². The van der Waals surface area contributed by atoms with E-state index in [-0.39, 0.29) is 23.7 Å². The van der Waals surface area contributed by atoms with E-state index in [0.717, 1.165) is 0 Å². The Morgan fingerprint density at radius 3 is 2.87 bits per heavy atom. The first kappa shape index (κ1) is 15.0. The van der Waals surface area contributed by atoms with Gasteiger partial charge in [-0.3, -0.25) is 14.3 Å². The summed E-state index contributed by atoms with van der Waals surface area (Å²) < 4.78 is 14.2. The molecule has 1 aliphatic rings. The number of hydrogen-bond acceptors (Lipinski definition) is 4.